The number of aromatic nitrogens is 2. The average Bonchev–Trinajstić information content (AvgIpc) is 2.98. The topological polar surface area (TPSA) is 172 Å². The van der Waals surface area contributed by atoms with Crippen LogP contribution in [0.15, 0.2) is 54.9 Å². The third kappa shape index (κ3) is 8.47. The fraction of sp³-hybridized carbons (Fsp3) is 0.344. The maximum absolute atomic E-state index is 12.6. The first kappa shape index (κ1) is 30.4. The molecular weight excluding hydrogens is 528 g/mol. The third-order valence-corrected chi connectivity index (χ3v) is 7.30. The maximum Gasteiger partial charge on any atom is 0.256 e. The molecule has 1 saturated carbocycles. The van der Waals surface area contributed by atoms with Crippen LogP contribution in [0.25, 0.3) is 6.08 Å². The molecule has 4 rings (SSSR count). The zero-order valence-electron chi connectivity index (χ0n) is 24.1. The standard InChI is InChI=1S/C32H40N8O2/c1-21-15-17-37-26(18-21)40-32(42)23-13-11-22(12-14-23)29(33)28-30(34)24(19-38-31(28)35)8-4-3-7-16-36-20-27(41)39-25-9-5-2-6-10-25/h4,8,11-15,17-19,25,33,36H,2-3,5-7,9-10,16,20H2,1H3,(H,39,41)(H4,34,35,38)(H,37,40,42)/b8-4+,33-29?. The van der Waals surface area contributed by atoms with E-state index in [1.54, 1.807) is 42.7 Å². The van der Waals surface area contributed by atoms with Gasteiger partial charge in [0, 0.05) is 35.1 Å². The van der Waals surface area contributed by atoms with Crippen LogP contribution in [0.5, 0.6) is 0 Å². The number of rotatable bonds is 12. The van der Waals surface area contributed by atoms with Gasteiger partial charge in [-0.3, -0.25) is 15.0 Å². The highest BCUT2D eigenvalue weighted by Gasteiger charge is 2.17. The second-order valence-corrected chi connectivity index (χ2v) is 10.6. The van der Waals surface area contributed by atoms with Gasteiger partial charge >= 0.3 is 0 Å². The minimum Gasteiger partial charge on any atom is -0.398 e. The summed E-state index contributed by atoms with van der Waals surface area (Å²) in [5.41, 5.74) is 16.1. The Morgan fingerprint density at radius 1 is 1.05 bits per heavy atom. The van der Waals surface area contributed by atoms with Crippen LogP contribution in [0, 0.1) is 12.3 Å². The Morgan fingerprint density at radius 2 is 1.79 bits per heavy atom. The average molecular weight is 569 g/mol. The summed E-state index contributed by atoms with van der Waals surface area (Å²) in [5, 5.41) is 17.9. The van der Waals surface area contributed by atoms with E-state index in [0.29, 0.717) is 46.3 Å². The van der Waals surface area contributed by atoms with Crippen molar-refractivity contribution in [2.24, 2.45) is 0 Å². The van der Waals surface area contributed by atoms with Crippen LogP contribution in [-0.2, 0) is 4.79 Å². The Morgan fingerprint density at radius 3 is 2.52 bits per heavy atom. The number of unbranched alkanes of at least 4 members (excludes halogenated alkanes) is 1. The normalized spacial score (nSPS) is 13.6. The van der Waals surface area contributed by atoms with E-state index in [4.69, 9.17) is 16.9 Å². The lowest BCUT2D eigenvalue weighted by molar-refractivity contribution is -0.121. The van der Waals surface area contributed by atoms with Gasteiger partial charge in [-0.1, -0.05) is 43.5 Å². The number of hydrogen-bond donors (Lipinski definition) is 6. The van der Waals surface area contributed by atoms with Crippen molar-refractivity contribution < 1.29 is 9.59 Å². The number of allylic oxidation sites excluding steroid dienone is 1. The van der Waals surface area contributed by atoms with Gasteiger partial charge < -0.3 is 27.4 Å². The molecule has 1 aromatic carbocycles. The van der Waals surface area contributed by atoms with Gasteiger partial charge in [0.25, 0.3) is 5.91 Å². The minimum absolute atomic E-state index is 0.0607. The third-order valence-electron chi connectivity index (χ3n) is 7.30. The van der Waals surface area contributed by atoms with Crippen LogP contribution in [0.4, 0.5) is 17.3 Å². The molecular formula is C32H40N8O2. The number of pyridine rings is 2. The van der Waals surface area contributed by atoms with E-state index in [0.717, 1.165) is 37.8 Å². The molecule has 3 aromatic rings. The molecule has 2 amide bonds. The molecule has 8 N–H and O–H groups in total. The zero-order valence-corrected chi connectivity index (χ0v) is 24.1. The molecule has 10 nitrogen and oxygen atoms in total. The van der Waals surface area contributed by atoms with Gasteiger partial charge in [0.1, 0.15) is 11.6 Å². The van der Waals surface area contributed by atoms with Crippen LogP contribution in [-0.4, -0.2) is 46.6 Å². The van der Waals surface area contributed by atoms with Crippen molar-refractivity contribution in [2.45, 2.75) is 57.9 Å². The van der Waals surface area contributed by atoms with Crippen LogP contribution in [0.1, 0.15) is 77.6 Å². The van der Waals surface area contributed by atoms with E-state index in [-0.39, 0.29) is 23.3 Å². The number of nitrogens with two attached hydrogens (primary N) is 2. The Balaban J connectivity index is 1.28. The molecule has 0 spiro atoms. The van der Waals surface area contributed by atoms with Gasteiger partial charge in [0.2, 0.25) is 5.91 Å². The Bertz CT molecular complexity index is 1430. The summed E-state index contributed by atoms with van der Waals surface area (Å²) >= 11 is 0. The summed E-state index contributed by atoms with van der Waals surface area (Å²) in [6.45, 7) is 2.98. The monoisotopic (exact) mass is 568 g/mol. The van der Waals surface area contributed by atoms with Gasteiger partial charge in [0.05, 0.1) is 23.5 Å². The molecule has 0 unspecified atom stereocenters. The second kappa shape index (κ2) is 14.9. The second-order valence-electron chi connectivity index (χ2n) is 10.6. The number of benzene rings is 1. The molecule has 0 atom stereocenters. The summed E-state index contributed by atoms with van der Waals surface area (Å²) < 4.78 is 0. The van der Waals surface area contributed by atoms with Crippen molar-refractivity contribution in [3.05, 3.63) is 82.7 Å². The molecule has 1 fully saturated rings. The summed E-state index contributed by atoms with van der Waals surface area (Å²) in [6, 6.07) is 10.6. The lowest BCUT2D eigenvalue weighted by Crippen LogP contribution is -2.41. The quantitative estimate of drug-likeness (QED) is 0.138. The lowest BCUT2D eigenvalue weighted by Gasteiger charge is -2.22. The predicted octanol–water partition coefficient (Wildman–Crippen LogP) is 4.45. The van der Waals surface area contributed by atoms with Crippen molar-refractivity contribution in [2.75, 3.05) is 29.9 Å². The number of carbonyl (C=O) groups excluding carboxylic acids is 2. The fourth-order valence-corrected chi connectivity index (χ4v) is 4.96. The highest BCUT2D eigenvalue weighted by molar-refractivity contribution is 6.17. The van der Waals surface area contributed by atoms with Crippen LogP contribution >= 0.6 is 0 Å². The van der Waals surface area contributed by atoms with Crippen LogP contribution in [0.2, 0.25) is 0 Å². The van der Waals surface area contributed by atoms with Gasteiger partial charge in [-0.25, -0.2) is 9.97 Å². The van der Waals surface area contributed by atoms with E-state index in [9.17, 15) is 9.59 Å². The summed E-state index contributed by atoms with van der Waals surface area (Å²) in [6.07, 6.45) is 14.6. The Hall–Kier alpha value is -4.57. The first-order chi connectivity index (χ1) is 20.3. The minimum atomic E-state index is -0.295. The van der Waals surface area contributed by atoms with Crippen LogP contribution < -0.4 is 27.4 Å². The molecule has 0 radical (unpaired) electrons. The number of anilines is 3. The molecule has 10 heteroatoms. The lowest BCUT2D eigenvalue weighted by atomic mass is 9.95. The molecule has 2 aromatic heterocycles. The van der Waals surface area contributed by atoms with Crippen molar-refractivity contribution in [1.29, 1.82) is 5.41 Å². The van der Waals surface area contributed by atoms with Gasteiger partial charge in [-0.2, -0.15) is 0 Å². The van der Waals surface area contributed by atoms with Gasteiger partial charge in [0.15, 0.2) is 0 Å². The zero-order chi connectivity index (χ0) is 29.9. The van der Waals surface area contributed by atoms with Crippen molar-refractivity contribution in [3.63, 3.8) is 0 Å². The fourth-order valence-electron chi connectivity index (χ4n) is 4.96. The highest BCUT2D eigenvalue weighted by atomic mass is 16.2. The maximum atomic E-state index is 12.6. The molecule has 1 aliphatic carbocycles. The molecule has 220 valence electrons. The van der Waals surface area contributed by atoms with E-state index in [2.05, 4.69) is 25.9 Å². The number of nitrogens with one attached hydrogen (secondary N) is 4. The van der Waals surface area contributed by atoms with Gasteiger partial charge in [-0.05, 0) is 69.0 Å². The number of carbonyl (C=O) groups is 2. The number of nitrogens with zero attached hydrogens (tertiary/aromatic N) is 2. The molecule has 0 saturated heterocycles. The smallest absolute Gasteiger partial charge is 0.256 e. The van der Waals surface area contributed by atoms with Crippen molar-refractivity contribution in [1.82, 2.24) is 20.6 Å². The summed E-state index contributed by atoms with van der Waals surface area (Å²) in [4.78, 5) is 33.2. The SMILES string of the molecule is Cc1ccnc(NC(=O)c2ccc(C(=N)c3c(N)ncc(/C=C/CCCNCC(=O)NC4CCCCC4)c3N)cc2)c1. The first-order valence-corrected chi connectivity index (χ1v) is 14.5. The van der Waals surface area contributed by atoms with Crippen molar-refractivity contribution in [3.8, 4) is 0 Å². The van der Waals surface area contributed by atoms with Gasteiger partial charge in [-0.15, -0.1) is 0 Å². The molecule has 1 aliphatic rings. The molecule has 0 aliphatic heterocycles. The first-order valence-electron chi connectivity index (χ1n) is 14.5. The van der Waals surface area contributed by atoms with Crippen molar-refractivity contribution >= 4 is 40.9 Å². The number of aryl methyl sites for hydroxylation is 1. The molecule has 2 heterocycles. The van der Waals surface area contributed by atoms with E-state index < -0.39 is 0 Å². The van der Waals surface area contributed by atoms with E-state index in [1.165, 1.54) is 19.3 Å². The number of nitrogen functional groups attached to an aromatic ring is 2. The number of hydrogen-bond acceptors (Lipinski definition) is 8. The Kier molecular flexibility index (Phi) is 10.8. The van der Waals surface area contributed by atoms with E-state index >= 15 is 0 Å². The predicted molar refractivity (Wildman–Crippen MR) is 169 cm³/mol. The molecule has 0 bridgehead atoms. The van der Waals surface area contributed by atoms with Crippen LogP contribution in [0.3, 0.4) is 0 Å². The molecule has 42 heavy (non-hydrogen) atoms. The highest BCUT2D eigenvalue weighted by Crippen LogP contribution is 2.26. The largest absolute Gasteiger partial charge is 0.398 e. The van der Waals surface area contributed by atoms with E-state index in [1.807, 2.05) is 25.1 Å². The summed E-state index contributed by atoms with van der Waals surface area (Å²) in [5.74, 6) is 0.405. The summed E-state index contributed by atoms with van der Waals surface area (Å²) in [7, 11) is 0. The Labute approximate surface area is 246 Å². The number of amides is 2.